The normalized spacial score (nSPS) is 20.2. The minimum absolute atomic E-state index is 0.202. The molecule has 2 aliphatic rings. The van der Waals surface area contributed by atoms with Crippen molar-refractivity contribution >= 4 is 11.7 Å². The molecular weight excluding hydrogens is 338 g/mol. The number of halogens is 2. The Morgan fingerprint density at radius 1 is 1.23 bits per heavy atom. The van der Waals surface area contributed by atoms with Crippen molar-refractivity contribution in [2.45, 2.75) is 38.1 Å². The number of aromatic nitrogens is 2. The van der Waals surface area contributed by atoms with E-state index in [1.165, 1.54) is 18.9 Å². The number of hydrogen-bond donors (Lipinski definition) is 1. The SMILES string of the molecule is O=C(Nc1ccc(F)c(F)c1)N1CCC[C@H](c2nccn2CC2CC2)C1. The van der Waals surface area contributed by atoms with Crippen LogP contribution in [0.25, 0.3) is 0 Å². The zero-order valence-electron chi connectivity index (χ0n) is 14.5. The maximum Gasteiger partial charge on any atom is 0.321 e. The van der Waals surface area contributed by atoms with Gasteiger partial charge in [0.1, 0.15) is 5.82 Å². The molecule has 0 bridgehead atoms. The number of hydrogen-bond acceptors (Lipinski definition) is 2. The van der Waals surface area contributed by atoms with Crippen LogP contribution in [0.2, 0.25) is 0 Å². The zero-order chi connectivity index (χ0) is 18.1. The number of likely N-dealkylation sites (tertiary alicyclic amines) is 1. The zero-order valence-corrected chi connectivity index (χ0v) is 14.5. The molecule has 26 heavy (non-hydrogen) atoms. The predicted molar refractivity (Wildman–Crippen MR) is 93.9 cm³/mol. The first-order valence-corrected chi connectivity index (χ1v) is 9.12. The molecule has 1 aromatic carbocycles. The molecule has 138 valence electrons. The van der Waals surface area contributed by atoms with Crippen molar-refractivity contribution in [3.63, 3.8) is 0 Å². The maximum atomic E-state index is 13.3. The Labute approximate surface area is 151 Å². The molecule has 1 saturated heterocycles. The van der Waals surface area contributed by atoms with Crippen LogP contribution >= 0.6 is 0 Å². The molecule has 5 nitrogen and oxygen atoms in total. The van der Waals surface area contributed by atoms with Crippen LogP contribution in [0.4, 0.5) is 19.3 Å². The van der Waals surface area contributed by atoms with Crippen LogP contribution in [0, 0.1) is 17.6 Å². The number of amides is 2. The number of urea groups is 1. The molecule has 0 spiro atoms. The number of nitrogens with zero attached hydrogens (tertiary/aromatic N) is 3. The third kappa shape index (κ3) is 3.71. The molecule has 1 N–H and O–H groups in total. The molecule has 2 aromatic rings. The van der Waals surface area contributed by atoms with Crippen molar-refractivity contribution in [3.8, 4) is 0 Å². The largest absolute Gasteiger partial charge is 0.334 e. The van der Waals surface area contributed by atoms with E-state index >= 15 is 0 Å². The standard InChI is InChI=1S/C19H22F2N4O/c20-16-6-5-15(10-17(16)21)23-19(26)25-8-1-2-14(12-25)18-22-7-9-24(18)11-13-3-4-13/h5-7,9-10,13-14H,1-4,8,11-12H2,(H,23,26)/t14-/m0/s1. The molecule has 1 aliphatic carbocycles. The highest BCUT2D eigenvalue weighted by atomic mass is 19.2. The third-order valence-corrected chi connectivity index (χ3v) is 5.14. The van der Waals surface area contributed by atoms with Gasteiger partial charge in [0.05, 0.1) is 0 Å². The number of nitrogens with one attached hydrogen (secondary N) is 1. The van der Waals surface area contributed by atoms with Gasteiger partial charge in [-0.1, -0.05) is 0 Å². The van der Waals surface area contributed by atoms with Crippen LogP contribution in [0.1, 0.15) is 37.4 Å². The molecule has 2 heterocycles. The average molecular weight is 360 g/mol. The van der Waals surface area contributed by atoms with Crippen LogP contribution in [0.5, 0.6) is 0 Å². The summed E-state index contributed by atoms with van der Waals surface area (Å²) >= 11 is 0. The minimum Gasteiger partial charge on any atom is -0.334 e. The Bertz CT molecular complexity index is 803. The fourth-order valence-electron chi connectivity index (χ4n) is 3.56. The van der Waals surface area contributed by atoms with E-state index in [2.05, 4.69) is 14.9 Å². The summed E-state index contributed by atoms with van der Waals surface area (Å²) in [5.41, 5.74) is 0.256. The van der Waals surface area contributed by atoms with E-state index in [0.29, 0.717) is 13.1 Å². The molecule has 1 atom stereocenters. The summed E-state index contributed by atoms with van der Waals surface area (Å²) in [7, 11) is 0. The van der Waals surface area contributed by atoms with Crippen LogP contribution in [0.3, 0.4) is 0 Å². The molecule has 1 aromatic heterocycles. The number of imidazole rings is 1. The van der Waals surface area contributed by atoms with Gasteiger partial charge in [0.25, 0.3) is 0 Å². The van der Waals surface area contributed by atoms with Gasteiger partial charge in [-0.05, 0) is 43.7 Å². The summed E-state index contributed by atoms with van der Waals surface area (Å²) in [5.74, 6) is 0.111. The first-order chi connectivity index (χ1) is 12.6. The topological polar surface area (TPSA) is 50.2 Å². The first-order valence-electron chi connectivity index (χ1n) is 9.12. The highest BCUT2D eigenvalue weighted by Crippen LogP contribution is 2.33. The van der Waals surface area contributed by atoms with Gasteiger partial charge in [0.2, 0.25) is 0 Å². The first kappa shape index (κ1) is 17.0. The van der Waals surface area contributed by atoms with Gasteiger partial charge in [-0.3, -0.25) is 0 Å². The van der Waals surface area contributed by atoms with Crippen LogP contribution in [-0.4, -0.2) is 33.6 Å². The number of piperidine rings is 1. The third-order valence-electron chi connectivity index (χ3n) is 5.14. The summed E-state index contributed by atoms with van der Waals surface area (Å²) in [6, 6.07) is 3.08. The number of carbonyl (C=O) groups is 1. The van der Waals surface area contributed by atoms with Crippen molar-refractivity contribution in [2.75, 3.05) is 18.4 Å². The minimum atomic E-state index is -0.971. The lowest BCUT2D eigenvalue weighted by Crippen LogP contribution is -2.42. The summed E-state index contributed by atoms with van der Waals surface area (Å²) in [6.45, 7) is 2.24. The fraction of sp³-hybridized carbons (Fsp3) is 0.474. The van der Waals surface area contributed by atoms with Crippen molar-refractivity contribution < 1.29 is 13.6 Å². The summed E-state index contributed by atoms with van der Waals surface area (Å²) in [4.78, 5) is 18.8. The van der Waals surface area contributed by atoms with Crippen molar-refractivity contribution in [1.82, 2.24) is 14.5 Å². The van der Waals surface area contributed by atoms with E-state index in [-0.39, 0.29) is 17.6 Å². The van der Waals surface area contributed by atoms with Gasteiger partial charge in [0.15, 0.2) is 11.6 Å². The summed E-state index contributed by atoms with van der Waals surface area (Å²) < 4.78 is 28.6. The van der Waals surface area contributed by atoms with Gasteiger partial charge in [-0.2, -0.15) is 0 Å². The van der Waals surface area contributed by atoms with Crippen molar-refractivity contribution in [1.29, 1.82) is 0 Å². The van der Waals surface area contributed by atoms with Crippen molar-refractivity contribution in [3.05, 3.63) is 48.1 Å². The molecular formula is C19H22F2N4O. The van der Waals surface area contributed by atoms with Crippen LogP contribution in [0.15, 0.2) is 30.6 Å². The predicted octanol–water partition coefficient (Wildman–Crippen LogP) is 3.98. The Hall–Kier alpha value is -2.44. The fourth-order valence-corrected chi connectivity index (χ4v) is 3.56. The maximum absolute atomic E-state index is 13.3. The monoisotopic (exact) mass is 360 g/mol. The Morgan fingerprint density at radius 2 is 2.08 bits per heavy atom. The van der Waals surface area contributed by atoms with Gasteiger partial charge >= 0.3 is 6.03 Å². The lowest BCUT2D eigenvalue weighted by molar-refractivity contribution is 0.190. The molecule has 7 heteroatoms. The molecule has 0 radical (unpaired) electrons. The number of benzene rings is 1. The molecule has 4 rings (SSSR count). The molecule has 0 unspecified atom stereocenters. The van der Waals surface area contributed by atoms with Crippen LogP contribution < -0.4 is 5.32 Å². The van der Waals surface area contributed by atoms with E-state index < -0.39 is 11.6 Å². The number of anilines is 1. The number of rotatable bonds is 4. The lowest BCUT2D eigenvalue weighted by Gasteiger charge is -2.32. The number of carbonyl (C=O) groups excluding carboxylic acids is 1. The van der Waals surface area contributed by atoms with E-state index in [1.54, 1.807) is 4.90 Å². The summed E-state index contributed by atoms with van der Waals surface area (Å²) in [6.07, 6.45) is 8.31. The van der Waals surface area contributed by atoms with Gasteiger partial charge in [-0.15, -0.1) is 0 Å². The Balaban J connectivity index is 1.42. The molecule has 2 fully saturated rings. The Morgan fingerprint density at radius 3 is 2.85 bits per heavy atom. The highest BCUT2D eigenvalue weighted by molar-refractivity contribution is 5.89. The average Bonchev–Trinajstić information content (AvgIpc) is 3.33. The van der Waals surface area contributed by atoms with Gasteiger partial charge in [0, 0.05) is 49.7 Å². The lowest BCUT2D eigenvalue weighted by atomic mass is 9.97. The Kier molecular flexibility index (Phi) is 4.61. The van der Waals surface area contributed by atoms with Gasteiger partial charge < -0.3 is 14.8 Å². The van der Waals surface area contributed by atoms with E-state index in [1.807, 2.05) is 12.4 Å². The molecule has 1 saturated carbocycles. The quantitative estimate of drug-likeness (QED) is 0.896. The van der Waals surface area contributed by atoms with E-state index in [0.717, 1.165) is 43.3 Å². The second-order valence-electron chi connectivity index (χ2n) is 7.23. The summed E-state index contributed by atoms with van der Waals surface area (Å²) in [5, 5.41) is 2.66. The molecule has 1 aliphatic heterocycles. The molecule has 2 amide bonds. The second-order valence-corrected chi connectivity index (χ2v) is 7.23. The van der Waals surface area contributed by atoms with Crippen LogP contribution in [-0.2, 0) is 6.54 Å². The van der Waals surface area contributed by atoms with E-state index in [4.69, 9.17) is 0 Å². The van der Waals surface area contributed by atoms with E-state index in [9.17, 15) is 13.6 Å². The second kappa shape index (κ2) is 7.05. The van der Waals surface area contributed by atoms with Gasteiger partial charge in [-0.25, -0.2) is 18.6 Å². The van der Waals surface area contributed by atoms with Crippen molar-refractivity contribution in [2.24, 2.45) is 5.92 Å². The smallest absolute Gasteiger partial charge is 0.321 e. The highest BCUT2D eigenvalue weighted by Gasteiger charge is 2.29.